The van der Waals surface area contributed by atoms with Crippen molar-refractivity contribution in [3.05, 3.63) is 47.7 Å². The largest absolute Gasteiger partial charge is 0.508 e. The van der Waals surface area contributed by atoms with Crippen molar-refractivity contribution in [3.8, 4) is 35.4 Å². The molecule has 6 heterocycles. The maximum atomic E-state index is 16.9. The average molecular weight is 659 g/mol. The summed E-state index contributed by atoms with van der Waals surface area (Å²) in [7, 11) is 1.36. The third-order valence-corrected chi connectivity index (χ3v) is 10.5. The third kappa shape index (κ3) is 4.76. The standard InChI is InChI=1S/C35H33F3N6O4/c1-3-24-27(37)8-5-19-11-23(45)12-25(28(19)24)30-29(38)31-26(14-39-30)32(42-16-21-6-7-22(17-42)44(21)34(46)47-2)41-33(40-31)48-18-35-9-4-10-43(35)15-20(36)13-35/h1,5,8,11-12,14,20-22,45H,4,6-7,9-10,13,15-18H2,2H3/t20-,21?,22?,35+/m1/s1. The SMILES string of the molecule is C#Cc1c(F)ccc2cc(O)cc(-c3ncc4c(N5CC6CCC(C5)N6C(=O)OC)nc(OC[C@@]56CCCN5C[C@H](F)C6)nc4c3F)c12. The molecule has 0 aliphatic carbocycles. The number of phenols is 1. The number of hydrogen-bond acceptors (Lipinski definition) is 9. The van der Waals surface area contributed by atoms with Crippen LogP contribution < -0.4 is 9.64 Å². The zero-order valence-corrected chi connectivity index (χ0v) is 26.3. The lowest BCUT2D eigenvalue weighted by Gasteiger charge is -2.40. The number of amides is 1. The molecule has 8 rings (SSSR count). The molecule has 0 spiro atoms. The number of carbonyl (C=O) groups is 1. The Morgan fingerprint density at radius 3 is 2.71 bits per heavy atom. The van der Waals surface area contributed by atoms with E-state index in [1.54, 1.807) is 4.90 Å². The Labute approximate surface area is 274 Å². The van der Waals surface area contributed by atoms with E-state index < -0.39 is 23.3 Å². The number of ether oxygens (including phenoxy) is 2. The van der Waals surface area contributed by atoms with E-state index in [1.165, 1.54) is 37.6 Å². The number of hydrogen-bond donors (Lipinski definition) is 1. The van der Waals surface area contributed by atoms with Gasteiger partial charge in [0.2, 0.25) is 0 Å². The van der Waals surface area contributed by atoms with Gasteiger partial charge in [0.15, 0.2) is 5.82 Å². The first-order valence-electron chi connectivity index (χ1n) is 16.1. The number of benzene rings is 2. The monoisotopic (exact) mass is 658 g/mol. The van der Waals surface area contributed by atoms with Gasteiger partial charge in [-0.2, -0.15) is 9.97 Å². The van der Waals surface area contributed by atoms with Crippen LogP contribution in [0.25, 0.3) is 32.9 Å². The van der Waals surface area contributed by atoms with Gasteiger partial charge in [-0.25, -0.2) is 18.0 Å². The number of nitrogens with zero attached hydrogens (tertiary/aromatic N) is 6. The fourth-order valence-electron chi connectivity index (χ4n) is 8.39. The van der Waals surface area contributed by atoms with Crippen LogP contribution in [0.1, 0.15) is 37.7 Å². The van der Waals surface area contributed by atoms with Crippen LogP contribution in [-0.2, 0) is 4.74 Å². The molecule has 4 aliphatic rings. The lowest BCUT2D eigenvalue weighted by Crippen LogP contribution is -2.56. The Morgan fingerprint density at radius 2 is 1.96 bits per heavy atom. The number of fused-ring (bicyclic) bond motifs is 5. The van der Waals surface area contributed by atoms with Crippen LogP contribution in [0.3, 0.4) is 0 Å². The Morgan fingerprint density at radius 1 is 1.17 bits per heavy atom. The van der Waals surface area contributed by atoms with Gasteiger partial charge in [0, 0.05) is 43.2 Å². The number of piperazine rings is 1. The highest BCUT2D eigenvalue weighted by atomic mass is 19.1. The number of rotatable bonds is 5. The van der Waals surface area contributed by atoms with Crippen molar-refractivity contribution in [3.63, 3.8) is 0 Å². The molecular formula is C35H33F3N6O4. The summed E-state index contributed by atoms with van der Waals surface area (Å²) in [6.07, 6.45) is 9.38. The van der Waals surface area contributed by atoms with Gasteiger partial charge in [0.25, 0.3) is 0 Å². The lowest BCUT2D eigenvalue weighted by atomic mass is 9.95. The van der Waals surface area contributed by atoms with Crippen molar-refractivity contribution in [2.24, 2.45) is 0 Å². The number of aromatic hydroxyl groups is 1. The molecule has 0 radical (unpaired) electrons. The van der Waals surface area contributed by atoms with Gasteiger partial charge >= 0.3 is 12.1 Å². The molecule has 48 heavy (non-hydrogen) atoms. The molecule has 4 aromatic rings. The van der Waals surface area contributed by atoms with E-state index in [9.17, 15) is 18.7 Å². The summed E-state index contributed by atoms with van der Waals surface area (Å²) < 4.78 is 57.5. The number of phenolic OH excluding ortho intramolecular Hbond substituents is 1. The second-order valence-corrected chi connectivity index (χ2v) is 13.2. The summed E-state index contributed by atoms with van der Waals surface area (Å²) in [6, 6.07) is 5.03. The molecule has 2 aromatic heterocycles. The number of anilines is 1. The molecule has 1 N–H and O–H groups in total. The lowest BCUT2D eigenvalue weighted by molar-refractivity contribution is 0.0960. The maximum absolute atomic E-state index is 16.9. The van der Waals surface area contributed by atoms with E-state index in [0.29, 0.717) is 42.6 Å². The molecule has 10 nitrogen and oxygen atoms in total. The van der Waals surface area contributed by atoms with Crippen molar-refractivity contribution in [1.82, 2.24) is 24.8 Å². The van der Waals surface area contributed by atoms with Crippen LogP contribution in [0.2, 0.25) is 0 Å². The molecule has 2 bridgehead atoms. The molecule has 4 fully saturated rings. The minimum atomic E-state index is -0.954. The average Bonchev–Trinajstić information content (AvgIpc) is 3.69. The van der Waals surface area contributed by atoms with Crippen molar-refractivity contribution < 1.29 is 32.5 Å². The van der Waals surface area contributed by atoms with Gasteiger partial charge in [-0.1, -0.05) is 12.0 Å². The Bertz CT molecular complexity index is 2010. The topological polar surface area (TPSA) is 104 Å². The summed E-state index contributed by atoms with van der Waals surface area (Å²) in [5, 5.41) is 11.5. The van der Waals surface area contributed by atoms with E-state index in [-0.39, 0.29) is 64.3 Å². The van der Waals surface area contributed by atoms with E-state index in [4.69, 9.17) is 20.9 Å². The first-order valence-corrected chi connectivity index (χ1v) is 16.1. The molecular weight excluding hydrogens is 625 g/mol. The van der Waals surface area contributed by atoms with Crippen LogP contribution in [0.5, 0.6) is 11.8 Å². The summed E-state index contributed by atoms with van der Waals surface area (Å²) in [4.78, 5) is 32.2. The van der Waals surface area contributed by atoms with Gasteiger partial charge in [-0.15, -0.1) is 6.42 Å². The summed E-state index contributed by atoms with van der Waals surface area (Å²) in [5.74, 6) is 1.07. The van der Waals surface area contributed by atoms with Crippen LogP contribution in [-0.4, -0.2) is 99.6 Å². The van der Waals surface area contributed by atoms with Gasteiger partial charge in [-0.3, -0.25) is 14.8 Å². The van der Waals surface area contributed by atoms with E-state index in [1.807, 2.05) is 4.90 Å². The van der Waals surface area contributed by atoms with Gasteiger partial charge in [-0.05, 0) is 55.8 Å². The van der Waals surface area contributed by atoms with Gasteiger partial charge in [0.1, 0.15) is 41.4 Å². The molecule has 1 amide bonds. The second kappa shape index (κ2) is 11.4. The van der Waals surface area contributed by atoms with Gasteiger partial charge in [0.05, 0.1) is 35.7 Å². The highest BCUT2D eigenvalue weighted by molar-refractivity contribution is 6.03. The van der Waals surface area contributed by atoms with Crippen LogP contribution in [0.15, 0.2) is 30.5 Å². The van der Waals surface area contributed by atoms with Crippen LogP contribution in [0, 0.1) is 24.0 Å². The quantitative estimate of drug-likeness (QED) is 0.291. The van der Waals surface area contributed by atoms with Gasteiger partial charge < -0.3 is 19.5 Å². The van der Waals surface area contributed by atoms with Crippen molar-refractivity contribution in [1.29, 1.82) is 0 Å². The van der Waals surface area contributed by atoms with Crippen molar-refractivity contribution >= 4 is 33.6 Å². The normalized spacial score (nSPS) is 25.1. The Balaban J connectivity index is 1.26. The zero-order valence-electron chi connectivity index (χ0n) is 26.3. The minimum Gasteiger partial charge on any atom is -0.508 e. The second-order valence-electron chi connectivity index (χ2n) is 13.2. The predicted octanol–water partition coefficient (Wildman–Crippen LogP) is 5.18. The maximum Gasteiger partial charge on any atom is 0.410 e. The van der Waals surface area contributed by atoms with Crippen molar-refractivity contribution in [2.45, 2.75) is 55.9 Å². The number of pyridine rings is 1. The van der Waals surface area contributed by atoms with Crippen LogP contribution in [0.4, 0.5) is 23.8 Å². The number of halogens is 3. The van der Waals surface area contributed by atoms with E-state index >= 15 is 4.39 Å². The molecule has 13 heteroatoms. The molecule has 4 atom stereocenters. The number of alkyl halides is 1. The number of terminal acetylenes is 1. The molecule has 2 aromatic carbocycles. The Hall–Kier alpha value is -4.83. The van der Waals surface area contributed by atoms with E-state index in [0.717, 1.165) is 32.2 Å². The van der Waals surface area contributed by atoms with Crippen molar-refractivity contribution in [2.75, 3.05) is 44.8 Å². The van der Waals surface area contributed by atoms with Crippen LogP contribution >= 0.6 is 0 Å². The third-order valence-electron chi connectivity index (χ3n) is 10.5. The number of aromatic nitrogens is 3. The first-order chi connectivity index (χ1) is 23.2. The fourth-order valence-corrected chi connectivity index (χ4v) is 8.39. The molecule has 248 valence electrons. The number of carbonyl (C=O) groups excluding carboxylic acids is 1. The Kier molecular flexibility index (Phi) is 7.25. The summed E-state index contributed by atoms with van der Waals surface area (Å²) >= 11 is 0. The highest BCUT2D eigenvalue weighted by Gasteiger charge is 2.49. The zero-order chi connectivity index (χ0) is 33.3. The highest BCUT2D eigenvalue weighted by Crippen LogP contribution is 2.42. The smallest absolute Gasteiger partial charge is 0.410 e. The minimum absolute atomic E-state index is 0.0732. The molecule has 4 saturated heterocycles. The van der Waals surface area contributed by atoms with E-state index in [2.05, 4.69) is 20.8 Å². The first kappa shape index (κ1) is 30.5. The number of methoxy groups -OCH3 is 1. The fraction of sp³-hybridized carbons (Fsp3) is 0.429. The molecule has 4 aliphatic heterocycles. The summed E-state index contributed by atoms with van der Waals surface area (Å²) in [5.41, 5.74) is -0.744. The predicted molar refractivity (Wildman–Crippen MR) is 172 cm³/mol. The summed E-state index contributed by atoms with van der Waals surface area (Å²) in [6.45, 7) is 2.11. The molecule has 2 unspecified atom stereocenters. The molecule has 0 saturated carbocycles.